The van der Waals surface area contributed by atoms with E-state index in [1.807, 2.05) is 71.8 Å². The number of hydrogen-bond acceptors (Lipinski definition) is 12. The molecule has 8 aromatic rings. The van der Waals surface area contributed by atoms with Gasteiger partial charge in [0.05, 0.1) is 148 Å². The third-order valence-corrected chi connectivity index (χ3v) is 20.5. The zero-order valence-electron chi connectivity index (χ0n) is 44.9. The van der Waals surface area contributed by atoms with Gasteiger partial charge in [-0.15, -0.1) is 0 Å². The van der Waals surface area contributed by atoms with Crippen LogP contribution in [0.15, 0.2) is 210 Å². The summed E-state index contributed by atoms with van der Waals surface area (Å²) >= 11 is 7.42. The SMILES string of the molecule is CC(C[N+](C)(CCCCC[N+](C)(CC(C)N1c2ccccc2Sc2ccncc21)CC(C)N1c2ccccc2Sc2ccncc21)CC(C)N1c2ccccc2Sc2ccncc21)N1c2ccccc2Sc2ccncc21. The van der Waals surface area contributed by atoms with Crippen LogP contribution in [0.25, 0.3) is 0 Å². The smallest absolute Gasteiger partial charge is 0.0993 e. The minimum absolute atomic E-state index is 0.204. The summed E-state index contributed by atoms with van der Waals surface area (Å²) in [6, 6.07) is 45.2. The van der Waals surface area contributed by atoms with Crippen molar-refractivity contribution in [2.24, 2.45) is 0 Å². The summed E-state index contributed by atoms with van der Waals surface area (Å²) in [4.78, 5) is 39.3. The molecule has 0 aliphatic carbocycles. The fraction of sp³-hybridized carbons (Fsp3) is 0.302. The summed E-state index contributed by atoms with van der Waals surface area (Å²) in [5, 5.41) is 0. The number of aromatic nitrogens is 4. The van der Waals surface area contributed by atoms with E-state index in [-0.39, 0.29) is 24.2 Å². The number of para-hydroxylation sites is 4. The molecule has 4 unspecified atom stereocenters. The van der Waals surface area contributed by atoms with E-state index in [0.717, 1.165) is 67.5 Å². The van der Waals surface area contributed by atoms with Crippen molar-refractivity contribution < 1.29 is 8.97 Å². The number of hydrogen-bond donors (Lipinski definition) is 0. The van der Waals surface area contributed by atoms with Gasteiger partial charge in [0.25, 0.3) is 0 Å². The molecule has 0 fully saturated rings. The van der Waals surface area contributed by atoms with E-state index >= 15 is 0 Å². The molecule has 4 atom stereocenters. The van der Waals surface area contributed by atoms with E-state index in [0.29, 0.717) is 0 Å². The number of pyridine rings is 4. The lowest BCUT2D eigenvalue weighted by Gasteiger charge is -2.46. The Morgan fingerprint density at radius 3 is 0.818 bits per heavy atom. The van der Waals surface area contributed by atoms with Crippen LogP contribution in [-0.4, -0.2) is 106 Å². The van der Waals surface area contributed by atoms with Crippen LogP contribution in [0.2, 0.25) is 0 Å². The minimum atomic E-state index is 0.204. The normalized spacial score (nSPS) is 17.1. The van der Waals surface area contributed by atoms with Gasteiger partial charge >= 0.3 is 0 Å². The summed E-state index contributed by atoms with van der Waals surface area (Å²) in [5.41, 5.74) is 9.87. The number of quaternary nitrogens is 2. The first kappa shape index (κ1) is 51.7. The predicted molar refractivity (Wildman–Crippen MR) is 321 cm³/mol. The average Bonchev–Trinajstić information content (AvgIpc) is 3.44. The molecular formula is C63H68N10S4+2. The van der Waals surface area contributed by atoms with Crippen molar-refractivity contribution in [3.05, 3.63) is 171 Å². The molecule has 10 nitrogen and oxygen atoms in total. The predicted octanol–water partition coefficient (Wildman–Crippen LogP) is 15.4. The lowest BCUT2D eigenvalue weighted by molar-refractivity contribution is -0.912. The van der Waals surface area contributed by atoms with Crippen LogP contribution in [-0.2, 0) is 0 Å². The molecule has 8 heterocycles. The van der Waals surface area contributed by atoms with Gasteiger partial charge < -0.3 is 28.6 Å². The van der Waals surface area contributed by atoms with Gasteiger partial charge in [0.1, 0.15) is 0 Å². The standard InChI is InChI=1S/C63H68N10S4/c1-44(68-48-18-8-12-22-56(48)74-60-26-30-64-36-52(60)68)40-72(5,41-45(2)69-49-19-9-13-23-57(49)75-61-27-31-65-37-53(61)69)34-16-7-17-35-73(6,42-46(3)70-50-20-10-14-24-58(50)76-62-28-32-66-38-54(62)70)43-47(4)71-51-21-11-15-25-59(51)77-63-29-33-67-39-55(63)71/h8-15,18-33,36-39,44-47H,7,16-17,34-35,40-43H2,1-6H3/q+2. The Hall–Kier alpha value is -6.00. The second kappa shape index (κ2) is 22.0. The first-order valence-electron chi connectivity index (χ1n) is 27.2. The van der Waals surface area contributed by atoms with Gasteiger partial charge in [0.15, 0.2) is 0 Å². The Bertz CT molecular complexity index is 2800. The molecule has 4 aliphatic rings. The van der Waals surface area contributed by atoms with Crippen molar-refractivity contribution in [2.45, 2.75) is 110 Å². The summed E-state index contributed by atoms with van der Waals surface area (Å²) < 4.78 is 1.84. The monoisotopic (exact) mass is 1090 g/mol. The summed E-state index contributed by atoms with van der Waals surface area (Å²) in [5.74, 6) is 0. The van der Waals surface area contributed by atoms with Gasteiger partial charge in [-0.3, -0.25) is 19.9 Å². The molecule has 4 aromatic carbocycles. The van der Waals surface area contributed by atoms with Crippen LogP contribution < -0.4 is 19.6 Å². The highest BCUT2D eigenvalue weighted by Crippen LogP contribution is 2.53. The van der Waals surface area contributed by atoms with Gasteiger partial charge in [-0.05, 0) is 120 Å². The summed E-state index contributed by atoms with van der Waals surface area (Å²) in [7, 11) is 5.06. The third kappa shape index (κ3) is 10.4. The molecule has 0 amide bonds. The van der Waals surface area contributed by atoms with Crippen molar-refractivity contribution in [1.82, 2.24) is 19.9 Å². The average molecular weight is 1090 g/mol. The van der Waals surface area contributed by atoms with Crippen molar-refractivity contribution in [1.29, 1.82) is 0 Å². The maximum Gasteiger partial charge on any atom is 0.0993 e. The number of unbranched alkanes of at least 4 members (excludes halogenated alkanes) is 2. The zero-order chi connectivity index (χ0) is 52.7. The number of nitrogens with zero attached hydrogens (tertiary/aromatic N) is 10. The van der Waals surface area contributed by atoms with E-state index in [9.17, 15) is 0 Å². The van der Waals surface area contributed by atoms with E-state index in [1.165, 1.54) is 84.7 Å². The lowest BCUT2D eigenvalue weighted by Crippen LogP contribution is -2.57. The highest BCUT2D eigenvalue weighted by Gasteiger charge is 2.39. The molecule has 77 heavy (non-hydrogen) atoms. The third-order valence-electron chi connectivity index (χ3n) is 15.9. The van der Waals surface area contributed by atoms with Crippen molar-refractivity contribution in [3.8, 4) is 0 Å². The van der Waals surface area contributed by atoms with E-state index in [4.69, 9.17) is 0 Å². The van der Waals surface area contributed by atoms with Gasteiger partial charge in [-0.2, -0.15) is 0 Å². The van der Waals surface area contributed by atoms with Gasteiger partial charge in [0, 0.05) is 64.0 Å². The quantitative estimate of drug-likeness (QED) is 0.0607. The molecule has 14 heteroatoms. The van der Waals surface area contributed by atoms with E-state index in [1.54, 1.807) is 0 Å². The fourth-order valence-corrected chi connectivity index (χ4v) is 17.1. The van der Waals surface area contributed by atoms with Crippen LogP contribution in [0.1, 0.15) is 47.0 Å². The number of rotatable bonds is 18. The van der Waals surface area contributed by atoms with E-state index in [2.05, 4.69) is 227 Å². The Morgan fingerprint density at radius 2 is 0.558 bits per heavy atom. The van der Waals surface area contributed by atoms with Crippen LogP contribution in [0.3, 0.4) is 0 Å². The van der Waals surface area contributed by atoms with Gasteiger partial charge in [-0.25, -0.2) is 0 Å². The Balaban J connectivity index is 0.831. The van der Waals surface area contributed by atoms with Crippen LogP contribution in [0, 0.1) is 0 Å². The second-order valence-electron chi connectivity index (χ2n) is 22.0. The van der Waals surface area contributed by atoms with Crippen LogP contribution >= 0.6 is 47.0 Å². The van der Waals surface area contributed by atoms with Crippen LogP contribution in [0.5, 0.6) is 0 Å². The number of benzene rings is 4. The van der Waals surface area contributed by atoms with Crippen molar-refractivity contribution in [3.63, 3.8) is 0 Å². The number of likely N-dealkylation sites (N-methyl/N-ethyl adjacent to an activating group) is 2. The lowest BCUT2D eigenvalue weighted by atomic mass is 10.1. The summed E-state index contributed by atoms with van der Waals surface area (Å²) in [6.07, 6.45) is 19.4. The Morgan fingerprint density at radius 1 is 0.325 bits per heavy atom. The molecule has 392 valence electrons. The number of fused-ring (bicyclic) bond motifs is 8. The first-order chi connectivity index (χ1) is 37.5. The van der Waals surface area contributed by atoms with Crippen LogP contribution in [0.4, 0.5) is 45.5 Å². The second-order valence-corrected chi connectivity index (χ2v) is 26.3. The molecule has 4 aromatic heterocycles. The van der Waals surface area contributed by atoms with Gasteiger partial charge in [0.2, 0.25) is 0 Å². The molecule has 0 radical (unpaired) electrons. The molecule has 0 N–H and O–H groups in total. The largest absolute Gasteiger partial charge is 0.330 e. The molecule has 0 spiro atoms. The molecular weight excluding hydrogens is 1030 g/mol. The highest BCUT2D eigenvalue weighted by molar-refractivity contribution is 8.00. The molecule has 0 bridgehead atoms. The maximum absolute atomic E-state index is 4.68. The molecule has 4 aliphatic heterocycles. The highest BCUT2D eigenvalue weighted by atomic mass is 32.2. The topological polar surface area (TPSA) is 64.5 Å². The molecule has 0 saturated carbocycles. The zero-order valence-corrected chi connectivity index (χ0v) is 48.2. The Kier molecular flexibility index (Phi) is 14.8. The molecule has 0 saturated heterocycles. The minimum Gasteiger partial charge on any atom is -0.330 e. The first-order valence-corrected chi connectivity index (χ1v) is 30.5. The van der Waals surface area contributed by atoms with Gasteiger partial charge in [-0.1, -0.05) is 95.6 Å². The number of anilines is 8. The molecule has 12 rings (SSSR count). The van der Waals surface area contributed by atoms with Crippen molar-refractivity contribution in [2.75, 3.05) is 73.0 Å². The fourth-order valence-electron chi connectivity index (χ4n) is 13.0. The maximum atomic E-state index is 4.68. The Labute approximate surface area is 472 Å². The van der Waals surface area contributed by atoms with Crippen molar-refractivity contribution >= 4 is 92.5 Å². The summed E-state index contributed by atoms with van der Waals surface area (Å²) in [6.45, 7) is 15.8. The van der Waals surface area contributed by atoms with E-state index < -0.39 is 0 Å².